The van der Waals surface area contributed by atoms with E-state index in [9.17, 15) is 0 Å². The number of nitrogens with two attached hydrogens (primary N) is 2. The van der Waals surface area contributed by atoms with E-state index in [1.807, 2.05) is 17.8 Å². The fourth-order valence-electron chi connectivity index (χ4n) is 4.18. The highest BCUT2D eigenvalue weighted by atomic mass is 32.2. The van der Waals surface area contributed by atoms with Crippen molar-refractivity contribution in [1.82, 2.24) is 4.72 Å². The smallest absolute Gasteiger partial charge is 0.120 e. The molecule has 0 radical (unpaired) electrons. The maximum atomic E-state index is 6.36. The van der Waals surface area contributed by atoms with Crippen molar-refractivity contribution >= 4 is 35.1 Å². The maximum absolute atomic E-state index is 6.36. The molecule has 3 aromatic rings. The van der Waals surface area contributed by atoms with Gasteiger partial charge in [-0.05, 0) is 92.7 Å². The van der Waals surface area contributed by atoms with Crippen LogP contribution >= 0.6 is 23.7 Å². The molecule has 2 atom stereocenters. The molecular formula is C29H36N4OS2. The number of anilines is 1. The number of hydrogen-bond acceptors (Lipinski definition) is 7. The van der Waals surface area contributed by atoms with Crippen LogP contribution in [-0.4, -0.2) is 31.6 Å². The number of nitrogens with zero attached hydrogens (tertiary/aromatic N) is 1. The van der Waals surface area contributed by atoms with E-state index < -0.39 is 0 Å². The molecule has 0 amide bonds. The highest BCUT2D eigenvalue weighted by Gasteiger charge is 2.34. The Morgan fingerprint density at radius 2 is 1.89 bits per heavy atom. The molecule has 0 aromatic heterocycles. The Morgan fingerprint density at radius 3 is 2.64 bits per heavy atom. The standard InChI is InChI=1S/C29H36N4OS2/c1-20(2)28(31)22-10-7-9-21(17-22)18-25(32-36-24-11-5-4-6-12-24)29-33(3)26-14-13-23(19-27(26)35-29)34-16-8-15-30/h4-7,9-14,17,19,25,29,32H,8,15-16,18,30-31H2,1-3H3. The van der Waals surface area contributed by atoms with Crippen LogP contribution in [0.2, 0.25) is 0 Å². The minimum atomic E-state index is 0.183. The van der Waals surface area contributed by atoms with Crippen molar-refractivity contribution in [3.05, 3.63) is 89.5 Å². The lowest BCUT2D eigenvalue weighted by Gasteiger charge is -2.30. The summed E-state index contributed by atoms with van der Waals surface area (Å²) in [5, 5.41) is 0.222. The van der Waals surface area contributed by atoms with Crippen molar-refractivity contribution in [2.24, 2.45) is 11.5 Å². The van der Waals surface area contributed by atoms with E-state index >= 15 is 0 Å². The first-order valence-electron chi connectivity index (χ1n) is 12.3. The van der Waals surface area contributed by atoms with Crippen molar-refractivity contribution in [2.75, 3.05) is 25.1 Å². The molecule has 1 aliphatic heterocycles. The monoisotopic (exact) mass is 520 g/mol. The molecule has 0 fully saturated rings. The molecule has 5 N–H and O–H groups in total. The van der Waals surface area contributed by atoms with Crippen LogP contribution in [0.5, 0.6) is 5.75 Å². The van der Waals surface area contributed by atoms with Crippen molar-refractivity contribution in [2.45, 2.75) is 47.9 Å². The van der Waals surface area contributed by atoms with Crippen LogP contribution < -0.4 is 25.8 Å². The van der Waals surface area contributed by atoms with E-state index in [2.05, 4.69) is 97.2 Å². The average Bonchev–Trinajstić information content (AvgIpc) is 3.22. The van der Waals surface area contributed by atoms with Crippen molar-refractivity contribution < 1.29 is 4.74 Å². The third kappa shape index (κ3) is 6.59. The Labute approximate surface area is 223 Å². The first kappa shape index (κ1) is 26.5. The zero-order chi connectivity index (χ0) is 25.5. The summed E-state index contributed by atoms with van der Waals surface area (Å²) in [4.78, 5) is 4.82. The van der Waals surface area contributed by atoms with Crippen LogP contribution in [0.1, 0.15) is 31.4 Å². The van der Waals surface area contributed by atoms with E-state index in [4.69, 9.17) is 16.2 Å². The van der Waals surface area contributed by atoms with Crippen molar-refractivity contribution in [3.63, 3.8) is 0 Å². The molecule has 3 aromatic carbocycles. The molecule has 0 saturated carbocycles. The van der Waals surface area contributed by atoms with Crippen LogP contribution in [-0.2, 0) is 6.42 Å². The van der Waals surface area contributed by atoms with Crippen LogP contribution in [0, 0.1) is 0 Å². The predicted molar refractivity (Wildman–Crippen MR) is 155 cm³/mol. The molecule has 190 valence electrons. The molecule has 0 aliphatic carbocycles. The van der Waals surface area contributed by atoms with Gasteiger partial charge in [-0.15, -0.1) is 0 Å². The molecule has 2 unspecified atom stereocenters. The van der Waals surface area contributed by atoms with E-state index in [0.717, 1.165) is 35.4 Å². The van der Waals surface area contributed by atoms with Crippen LogP contribution in [0.4, 0.5) is 5.69 Å². The van der Waals surface area contributed by atoms with E-state index in [-0.39, 0.29) is 11.4 Å². The fraction of sp³-hybridized carbons (Fsp3) is 0.310. The molecular weight excluding hydrogens is 484 g/mol. The van der Waals surface area contributed by atoms with Gasteiger partial charge in [0.2, 0.25) is 0 Å². The lowest BCUT2D eigenvalue weighted by molar-refractivity contribution is 0.313. The Balaban J connectivity index is 1.56. The number of ether oxygens (including phenoxy) is 1. The van der Waals surface area contributed by atoms with Gasteiger partial charge in [0.25, 0.3) is 0 Å². The number of rotatable bonds is 11. The summed E-state index contributed by atoms with van der Waals surface area (Å²) in [6.45, 7) is 5.39. The Morgan fingerprint density at radius 1 is 1.08 bits per heavy atom. The second-order valence-electron chi connectivity index (χ2n) is 9.20. The molecule has 0 bridgehead atoms. The zero-order valence-electron chi connectivity index (χ0n) is 21.2. The predicted octanol–water partition coefficient (Wildman–Crippen LogP) is 5.90. The van der Waals surface area contributed by atoms with Crippen molar-refractivity contribution in [1.29, 1.82) is 0 Å². The van der Waals surface area contributed by atoms with Gasteiger partial charge in [-0.3, -0.25) is 4.72 Å². The Kier molecular flexibility index (Phi) is 9.26. The quantitative estimate of drug-likeness (QED) is 0.215. The Bertz CT molecular complexity index is 1180. The molecule has 5 nitrogen and oxygen atoms in total. The van der Waals surface area contributed by atoms with Gasteiger partial charge in [-0.25, -0.2) is 0 Å². The van der Waals surface area contributed by atoms with Gasteiger partial charge in [0.1, 0.15) is 5.75 Å². The number of likely N-dealkylation sites (N-methyl/N-ethyl adjacent to an activating group) is 1. The second kappa shape index (κ2) is 12.6. The normalized spacial score (nSPS) is 15.4. The largest absolute Gasteiger partial charge is 0.494 e. The summed E-state index contributed by atoms with van der Waals surface area (Å²) in [5.41, 5.74) is 17.5. The van der Waals surface area contributed by atoms with Crippen molar-refractivity contribution in [3.8, 4) is 5.75 Å². The van der Waals surface area contributed by atoms with E-state index in [1.54, 1.807) is 11.9 Å². The lowest BCUT2D eigenvalue weighted by Crippen LogP contribution is -2.44. The minimum Gasteiger partial charge on any atom is -0.494 e. The number of allylic oxidation sites excluding steroid dienone is 1. The maximum Gasteiger partial charge on any atom is 0.120 e. The summed E-state index contributed by atoms with van der Waals surface area (Å²) in [6, 6.07) is 25.6. The molecule has 4 rings (SSSR count). The van der Waals surface area contributed by atoms with Gasteiger partial charge in [-0.2, -0.15) is 0 Å². The third-order valence-corrected chi connectivity index (χ3v) is 8.60. The second-order valence-corrected chi connectivity index (χ2v) is 11.3. The molecule has 7 heteroatoms. The number of nitrogens with one attached hydrogen (secondary N) is 1. The first-order chi connectivity index (χ1) is 17.5. The summed E-state index contributed by atoms with van der Waals surface area (Å²) in [7, 11) is 2.18. The van der Waals surface area contributed by atoms with Crippen LogP contribution in [0.3, 0.4) is 0 Å². The number of fused-ring (bicyclic) bond motifs is 1. The van der Waals surface area contributed by atoms with Crippen LogP contribution in [0.25, 0.3) is 5.70 Å². The highest BCUT2D eigenvalue weighted by molar-refractivity contribution is 8.00. The number of benzene rings is 3. The highest BCUT2D eigenvalue weighted by Crippen LogP contribution is 2.46. The lowest BCUT2D eigenvalue weighted by atomic mass is 10.0. The van der Waals surface area contributed by atoms with Gasteiger partial charge >= 0.3 is 0 Å². The molecule has 36 heavy (non-hydrogen) atoms. The Hall–Kier alpha value is -2.58. The van der Waals surface area contributed by atoms with E-state index in [0.29, 0.717) is 13.2 Å². The number of thioether (sulfide) groups is 1. The SMILES string of the molecule is CC(C)=C(N)c1cccc(CC(NSc2ccccc2)C2Sc3cc(OCCCN)ccc3N2C)c1. The molecule has 1 heterocycles. The first-order valence-corrected chi connectivity index (χ1v) is 14.0. The van der Waals surface area contributed by atoms with Crippen LogP contribution in [0.15, 0.2) is 88.2 Å². The average molecular weight is 521 g/mol. The summed E-state index contributed by atoms with van der Waals surface area (Å²) >= 11 is 3.57. The van der Waals surface area contributed by atoms with Gasteiger partial charge in [0, 0.05) is 22.5 Å². The minimum absolute atomic E-state index is 0.183. The van der Waals surface area contributed by atoms with Gasteiger partial charge in [-0.1, -0.05) is 53.7 Å². The van der Waals surface area contributed by atoms with Gasteiger partial charge < -0.3 is 21.1 Å². The van der Waals surface area contributed by atoms with Gasteiger partial charge in [0.15, 0.2) is 0 Å². The summed E-state index contributed by atoms with van der Waals surface area (Å²) in [6.07, 6.45) is 1.73. The fourth-order valence-corrected chi connectivity index (χ4v) is 6.44. The topological polar surface area (TPSA) is 76.5 Å². The van der Waals surface area contributed by atoms with Gasteiger partial charge in [0.05, 0.1) is 23.7 Å². The summed E-state index contributed by atoms with van der Waals surface area (Å²) < 4.78 is 9.70. The number of hydrogen-bond donors (Lipinski definition) is 3. The zero-order valence-corrected chi connectivity index (χ0v) is 22.9. The van der Waals surface area contributed by atoms with E-state index in [1.165, 1.54) is 21.0 Å². The summed E-state index contributed by atoms with van der Waals surface area (Å²) in [5.74, 6) is 0.900. The molecule has 0 spiro atoms. The third-order valence-electron chi connectivity index (χ3n) is 6.21. The molecule has 1 aliphatic rings. The molecule has 0 saturated heterocycles.